The van der Waals surface area contributed by atoms with E-state index >= 15 is 0 Å². The standard InChI is InChI=1S/C12H15N5O3/c1-8(20-12(4-13,5-18)6-19)9-2-3-10-11(14)15-7-16-17(9)10/h2-3,7-8,18-19H,5-6H2,1H3,(H2,14,15,16). The van der Waals surface area contributed by atoms with Crippen LogP contribution in [0.5, 0.6) is 0 Å². The highest BCUT2D eigenvalue weighted by Gasteiger charge is 2.33. The number of rotatable bonds is 5. The Bertz CT molecular complexity index is 644. The fraction of sp³-hybridized carbons (Fsp3) is 0.417. The first-order valence-corrected chi connectivity index (χ1v) is 5.96. The molecule has 1 unspecified atom stereocenters. The zero-order chi connectivity index (χ0) is 14.8. The number of nitrogen functional groups attached to an aromatic ring is 1. The number of anilines is 1. The van der Waals surface area contributed by atoms with E-state index in [1.165, 1.54) is 6.33 Å². The van der Waals surface area contributed by atoms with Gasteiger partial charge in [-0.15, -0.1) is 0 Å². The normalized spacial score (nSPS) is 13.3. The number of hydrogen-bond acceptors (Lipinski definition) is 7. The minimum atomic E-state index is -1.65. The van der Waals surface area contributed by atoms with Crippen LogP contribution >= 0.6 is 0 Å². The van der Waals surface area contributed by atoms with Crippen molar-refractivity contribution >= 4 is 11.3 Å². The van der Waals surface area contributed by atoms with Crippen LogP contribution in [0.2, 0.25) is 0 Å². The van der Waals surface area contributed by atoms with Crippen LogP contribution < -0.4 is 5.73 Å². The number of hydrogen-bond donors (Lipinski definition) is 3. The van der Waals surface area contributed by atoms with E-state index in [1.807, 2.05) is 0 Å². The number of ether oxygens (including phenoxy) is 1. The maximum Gasteiger partial charge on any atom is 0.200 e. The van der Waals surface area contributed by atoms with Crippen molar-refractivity contribution in [2.75, 3.05) is 18.9 Å². The third kappa shape index (κ3) is 2.30. The smallest absolute Gasteiger partial charge is 0.200 e. The van der Waals surface area contributed by atoms with E-state index < -0.39 is 24.9 Å². The Labute approximate surface area is 115 Å². The van der Waals surface area contributed by atoms with Gasteiger partial charge in [-0.25, -0.2) is 9.50 Å². The summed E-state index contributed by atoms with van der Waals surface area (Å²) in [4.78, 5) is 3.88. The molecule has 2 heterocycles. The molecule has 2 rings (SSSR count). The van der Waals surface area contributed by atoms with Crippen LogP contribution in [-0.4, -0.2) is 43.6 Å². The number of aromatic nitrogens is 3. The summed E-state index contributed by atoms with van der Waals surface area (Å²) in [5.74, 6) is 0.328. The molecule has 0 radical (unpaired) electrons. The highest BCUT2D eigenvalue weighted by molar-refractivity contribution is 5.65. The number of aliphatic hydroxyl groups is 2. The summed E-state index contributed by atoms with van der Waals surface area (Å²) in [5, 5.41) is 31.5. The Hall–Kier alpha value is -2.21. The summed E-state index contributed by atoms with van der Waals surface area (Å²) in [5.41, 5.74) is 5.33. The average molecular weight is 277 g/mol. The van der Waals surface area contributed by atoms with E-state index in [0.717, 1.165) is 0 Å². The molecule has 0 aromatic carbocycles. The predicted octanol–water partition coefficient (Wildman–Crippen LogP) is -0.364. The van der Waals surface area contributed by atoms with Gasteiger partial charge in [-0.3, -0.25) is 0 Å². The van der Waals surface area contributed by atoms with E-state index in [4.69, 9.17) is 15.7 Å². The van der Waals surface area contributed by atoms with Crippen molar-refractivity contribution in [2.24, 2.45) is 0 Å². The molecule has 2 aromatic rings. The fourth-order valence-corrected chi connectivity index (χ4v) is 1.90. The summed E-state index contributed by atoms with van der Waals surface area (Å²) in [7, 11) is 0. The molecule has 8 nitrogen and oxygen atoms in total. The summed E-state index contributed by atoms with van der Waals surface area (Å²) in [6.45, 7) is 0.479. The van der Waals surface area contributed by atoms with Gasteiger partial charge in [-0.1, -0.05) is 0 Å². The fourth-order valence-electron chi connectivity index (χ4n) is 1.90. The lowest BCUT2D eigenvalue weighted by Crippen LogP contribution is -2.40. The van der Waals surface area contributed by atoms with Crippen LogP contribution in [0.1, 0.15) is 18.7 Å². The van der Waals surface area contributed by atoms with Crippen LogP contribution in [0.3, 0.4) is 0 Å². The summed E-state index contributed by atoms with van der Waals surface area (Å²) < 4.78 is 7.04. The first-order valence-electron chi connectivity index (χ1n) is 5.96. The highest BCUT2D eigenvalue weighted by atomic mass is 16.5. The molecule has 1 atom stereocenters. The summed E-state index contributed by atoms with van der Waals surface area (Å²) >= 11 is 0. The monoisotopic (exact) mass is 277 g/mol. The minimum Gasteiger partial charge on any atom is -0.392 e. The van der Waals surface area contributed by atoms with Gasteiger partial charge in [0.15, 0.2) is 5.82 Å². The molecular weight excluding hydrogens is 262 g/mol. The van der Waals surface area contributed by atoms with Gasteiger partial charge in [-0.05, 0) is 19.1 Å². The Kier molecular flexibility index (Phi) is 3.85. The predicted molar refractivity (Wildman–Crippen MR) is 69.4 cm³/mol. The topological polar surface area (TPSA) is 130 Å². The lowest BCUT2D eigenvalue weighted by Gasteiger charge is -2.26. The first kappa shape index (κ1) is 14.2. The molecule has 0 aliphatic rings. The maximum absolute atomic E-state index is 9.22. The molecule has 106 valence electrons. The van der Waals surface area contributed by atoms with Crippen LogP contribution in [0.4, 0.5) is 5.82 Å². The molecular formula is C12H15N5O3. The Morgan fingerprint density at radius 2 is 2.20 bits per heavy atom. The average Bonchev–Trinajstić information content (AvgIpc) is 2.90. The number of nitrogens with two attached hydrogens (primary N) is 1. The van der Waals surface area contributed by atoms with Gasteiger partial charge >= 0.3 is 0 Å². The molecule has 0 aliphatic heterocycles. The molecule has 0 saturated heterocycles. The van der Waals surface area contributed by atoms with Gasteiger partial charge in [0.05, 0.1) is 25.0 Å². The summed E-state index contributed by atoms with van der Waals surface area (Å²) in [6, 6.07) is 5.25. The molecule has 0 spiro atoms. The number of aliphatic hydroxyl groups excluding tert-OH is 2. The third-order valence-electron chi connectivity index (χ3n) is 3.04. The van der Waals surface area contributed by atoms with Crippen molar-refractivity contribution in [1.29, 1.82) is 5.26 Å². The molecule has 8 heteroatoms. The Morgan fingerprint density at radius 1 is 1.50 bits per heavy atom. The maximum atomic E-state index is 9.22. The van der Waals surface area contributed by atoms with Crippen molar-refractivity contribution in [1.82, 2.24) is 14.6 Å². The lowest BCUT2D eigenvalue weighted by atomic mass is 10.1. The quantitative estimate of drug-likeness (QED) is 0.680. The van der Waals surface area contributed by atoms with Crippen molar-refractivity contribution in [3.8, 4) is 6.07 Å². The van der Waals surface area contributed by atoms with Crippen LogP contribution in [0, 0.1) is 11.3 Å². The Balaban J connectivity index is 2.35. The first-order chi connectivity index (χ1) is 9.56. The van der Waals surface area contributed by atoms with Gasteiger partial charge in [0, 0.05) is 0 Å². The van der Waals surface area contributed by atoms with E-state index in [-0.39, 0.29) is 0 Å². The van der Waals surface area contributed by atoms with Gasteiger partial charge in [0.1, 0.15) is 17.9 Å². The molecule has 0 saturated carbocycles. The van der Waals surface area contributed by atoms with Crippen molar-refractivity contribution in [3.63, 3.8) is 0 Å². The number of fused-ring (bicyclic) bond motifs is 1. The van der Waals surface area contributed by atoms with E-state index in [9.17, 15) is 10.2 Å². The largest absolute Gasteiger partial charge is 0.392 e. The molecule has 0 amide bonds. The second-order valence-electron chi connectivity index (χ2n) is 4.38. The van der Waals surface area contributed by atoms with Crippen LogP contribution in [0.15, 0.2) is 18.5 Å². The van der Waals surface area contributed by atoms with Crippen molar-refractivity contribution < 1.29 is 14.9 Å². The highest BCUT2D eigenvalue weighted by Crippen LogP contribution is 2.25. The molecule has 20 heavy (non-hydrogen) atoms. The number of nitriles is 1. The van der Waals surface area contributed by atoms with Gasteiger partial charge in [-0.2, -0.15) is 10.4 Å². The van der Waals surface area contributed by atoms with E-state index in [2.05, 4.69) is 10.1 Å². The number of nitrogens with zero attached hydrogens (tertiary/aromatic N) is 4. The van der Waals surface area contributed by atoms with Gasteiger partial charge in [0.2, 0.25) is 5.60 Å². The molecule has 0 aliphatic carbocycles. The van der Waals surface area contributed by atoms with E-state index in [1.54, 1.807) is 29.6 Å². The molecule has 0 fully saturated rings. The van der Waals surface area contributed by atoms with Gasteiger partial charge < -0.3 is 20.7 Å². The second-order valence-corrected chi connectivity index (χ2v) is 4.38. The SMILES string of the molecule is CC(OC(C#N)(CO)CO)c1ccc2c(N)ncnn12. The minimum absolute atomic E-state index is 0.328. The zero-order valence-electron chi connectivity index (χ0n) is 10.9. The second kappa shape index (κ2) is 5.42. The van der Waals surface area contributed by atoms with Crippen molar-refractivity contribution in [3.05, 3.63) is 24.2 Å². The zero-order valence-corrected chi connectivity index (χ0v) is 10.9. The third-order valence-corrected chi connectivity index (χ3v) is 3.04. The van der Waals surface area contributed by atoms with E-state index in [0.29, 0.717) is 17.0 Å². The Morgan fingerprint density at radius 3 is 2.80 bits per heavy atom. The van der Waals surface area contributed by atoms with Crippen LogP contribution in [-0.2, 0) is 4.74 Å². The summed E-state index contributed by atoms with van der Waals surface area (Å²) in [6.07, 6.45) is 0.736. The van der Waals surface area contributed by atoms with Crippen molar-refractivity contribution in [2.45, 2.75) is 18.6 Å². The molecule has 2 aromatic heterocycles. The molecule has 0 bridgehead atoms. The molecule has 4 N–H and O–H groups in total. The van der Waals surface area contributed by atoms with Gasteiger partial charge in [0.25, 0.3) is 0 Å². The lowest BCUT2D eigenvalue weighted by molar-refractivity contribution is -0.106. The van der Waals surface area contributed by atoms with Crippen LogP contribution in [0.25, 0.3) is 5.52 Å².